The molecule has 0 spiro atoms. The maximum Gasteiger partial charge on any atom is 0.267 e. The van der Waals surface area contributed by atoms with Crippen LogP contribution in [-0.2, 0) is 0 Å². The molecule has 0 saturated heterocycles. The fourth-order valence-electron chi connectivity index (χ4n) is 1.50. The largest absolute Gasteiger partial charge is 0.360 e. The maximum atomic E-state index is 11.3. The average Bonchev–Trinajstić information content (AvgIpc) is 2.59. The fraction of sp³-hybridized carbons (Fsp3) is 0.100. The van der Waals surface area contributed by atoms with E-state index in [1.165, 1.54) is 0 Å². The molecule has 0 aliphatic rings. The summed E-state index contributed by atoms with van der Waals surface area (Å²) in [6.07, 6.45) is 1.66. The molecule has 0 aliphatic heterocycles. The predicted octanol–water partition coefficient (Wildman–Crippen LogP) is 1.08. The van der Waals surface area contributed by atoms with Crippen molar-refractivity contribution in [2.75, 3.05) is 0 Å². The molecule has 0 radical (unpaired) electrons. The number of carbonyl (C=O) groups excluding carboxylic acids is 1. The molecule has 1 amide bonds. The Hall–Kier alpha value is -1.81. The highest BCUT2D eigenvalue weighted by molar-refractivity contribution is 6.06. The van der Waals surface area contributed by atoms with E-state index in [-0.39, 0.29) is 5.91 Å². The number of fused-ring (bicyclic) bond motifs is 1. The first-order valence-electron chi connectivity index (χ1n) is 4.31. The summed E-state index contributed by atoms with van der Waals surface area (Å²) in [5.74, 6) is 4.80. The third kappa shape index (κ3) is 1.25. The number of hydrazine groups is 1. The van der Waals surface area contributed by atoms with Gasteiger partial charge in [0.05, 0.1) is 5.56 Å². The van der Waals surface area contributed by atoms with Gasteiger partial charge in [-0.1, -0.05) is 11.6 Å². The van der Waals surface area contributed by atoms with Crippen molar-refractivity contribution in [2.45, 2.75) is 6.92 Å². The minimum atomic E-state index is -0.276. The van der Waals surface area contributed by atoms with Crippen molar-refractivity contribution in [1.82, 2.24) is 10.4 Å². The van der Waals surface area contributed by atoms with Crippen LogP contribution < -0.4 is 11.3 Å². The summed E-state index contributed by atoms with van der Waals surface area (Å²) >= 11 is 0. The van der Waals surface area contributed by atoms with Crippen LogP contribution in [0.4, 0.5) is 0 Å². The van der Waals surface area contributed by atoms with Crippen LogP contribution in [-0.4, -0.2) is 10.9 Å². The van der Waals surface area contributed by atoms with Gasteiger partial charge in [0.25, 0.3) is 5.91 Å². The number of hydrogen-bond donors (Lipinski definition) is 3. The zero-order valence-electron chi connectivity index (χ0n) is 7.79. The Labute approximate surface area is 81.1 Å². The lowest BCUT2D eigenvalue weighted by Crippen LogP contribution is -2.29. The van der Waals surface area contributed by atoms with Crippen LogP contribution in [0.5, 0.6) is 0 Å². The van der Waals surface area contributed by atoms with Gasteiger partial charge in [-0.05, 0) is 19.1 Å². The maximum absolute atomic E-state index is 11.3. The summed E-state index contributed by atoms with van der Waals surface area (Å²) in [6.45, 7) is 1.98. The van der Waals surface area contributed by atoms with Crippen molar-refractivity contribution in [3.8, 4) is 0 Å². The third-order valence-electron chi connectivity index (χ3n) is 2.21. The minimum Gasteiger partial charge on any atom is -0.360 e. The lowest BCUT2D eigenvalue weighted by atomic mass is 10.1. The van der Waals surface area contributed by atoms with E-state index in [2.05, 4.69) is 10.4 Å². The zero-order valence-corrected chi connectivity index (χ0v) is 7.79. The zero-order chi connectivity index (χ0) is 10.1. The van der Waals surface area contributed by atoms with E-state index in [9.17, 15) is 4.79 Å². The van der Waals surface area contributed by atoms with E-state index >= 15 is 0 Å². The Morgan fingerprint density at radius 1 is 1.50 bits per heavy atom. The van der Waals surface area contributed by atoms with Crippen molar-refractivity contribution >= 4 is 16.8 Å². The van der Waals surface area contributed by atoms with E-state index in [4.69, 9.17) is 5.84 Å². The Kier molecular flexibility index (Phi) is 1.98. The van der Waals surface area contributed by atoms with Gasteiger partial charge in [-0.3, -0.25) is 10.2 Å². The SMILES string of the molecule is Cc1ccc2[nH]cc(C(=O)NN)c2c1. The molecular weight excluding hydrogens is 178 g/mol. The number of hydrogen-bond acceptors (Lipinski definition) is 2. The number of H-pyrrole nitrogens is 1. The van der Waals surface area contributed by atoms with Gasteiger partial charge in [0.2, 0.25) is 0 Å². The Morgan fingerprint density at radius 2 is 2.29 bits per heavy atom. The van der Waals surface area contributed by atoms with Crippen molar-refractivity contribution in [3.63, 3.8) is 0 Å². The summed E-state index contributed by atoms with van der Waals surface area (Å²) < 4.78 is 0. The van der Waals surface area contributed by atoms with Gasteiger partial charge < -0.3 is 4.98 Å². The van der Waals surface area contributed by atoms with Crippen LogP contribution in [0.1, 0.15) is 15.9 Å². The highest BCUT2D eigenvalue weighted by atomic mass is 16.2. The summed E-state index contributed by atoms with van der Waals surface area (Å²) in [7, 11) is 0. The van der Waals surface area contributed by atoms with Gasteiger partial charge in [-0.2, -0.15) is 0 Å². The Morgan fingerprint density at radius 3 is 3.00 bits per heavy atom. The normalized spacial score (nSPS) is 10.4. The molecule has 4 nitrogen and oxygen atoms in total. The molecule has 2 aromatic rings. The van der Waals surface area contributed by atoms with Gasteiger partial charge in [-0.15, -0.1) is 0 Å². The topological polar surface area (TPSA) is 70.9 Å². The number of carbonyl (C=O) groups is 1. The lowest BCUT2D eigenvalue weighted by molar-refractivity contribution is 0.0955. The molecule has 1 heterocycles. The highest BCUT2D eigenvalue weighted by Crippen LogP contribution is 2.19. The van der Waals surface area contributed by atoms with Crippen LogP contribution >= 0.6 is 0 Å². The molecule has 1 aromatic heterocycles. The summed E-state index contributed by atoms with van der Waals surface area (Å²) in [4.78, 5) is 14.4. The molecule has 0 atom stereocenters. The second-order valence-electron chi connectivity index (χ2n) is 3.22. The first-order valence-corrected chi connectivity index (χ1v) is 4.31. The molecule has 0 unspecified atom stereocenters. The number of aromatic nitrogens is 1. The number of nitrogens with one attached hydrogen (secondary N) is 2. The summed E-state index contributed by atoms with van der Waals surface area (Å²) in [5, 5.41) is 0.896. The number of aryl methyl sites for hydroxylation is 1. The van der Waals surface area contributed by atoms with Crippen molar-refractivity contribution in [2.24, 2.45) is 5.84 Å². The number of aromatic amines is 1. The average molecular weight is 189 g/mol. The Balaban J connectivity index is 2.67. The molecule has 4 N–H and O–H groups in total. The molecule has 1 aromatic carbocycles. The second-order valence-corrected chi connectivity index (χ2v) is 3.22. The number of nitrogen functional groups attached to an aromatic ring is 1. The van der Waals surface area contributed by atoms with Crippen molar-refractivity contribution in [1.29, 1.82) is 0 Å². The van der Waals surface area contributed by atoms with Crippen LogP contribution in [0.15, 0.2) is 24.4 Å². The van der Waals surface area contributed by atoms with E-state index in [1.807, 2.05) is 25.1 Å². The number of rotatable bonds is 1. The van der Waals surface area contributed by atoms with Crippen LogP contribution in [0, 0.1) is 6.92 Å². The summed E-state index contributed by atoms with van der Waals surface area (Å²) in [5.41, 5.74) is 4.75. The molecule has 0 aliphatic carbocycles. The van der Waals surface area contributed by atoms with Crippen molar-refractivity contribution < 1.29 is 4.79 Å². The van der Waals surface area contributed by atoms with Gasteiger partial charge >= 0.3 is 0 Å². The van der Waals surface area contributed by atoms with Gasteiger partial charge in [0.15, 0.2) is 0 Å². The first-order chi connectivity index (χ1) is 6.72. The predicted molar refractivity (Wildman–Crippen MR) is 54.7 cm³/mol. The molecule has 72 valence electrons. The molecule has 14 heavy (non-hydrogen) atoms. The second kappa shape index (κ2) is 3.16. The monoisotopic (exact) mass is 189 g/mol. The summed E-state index contributed by atoms with van der Waals surface area (Å²) in [6, 6.07) is 5.89. The fourth-order valence-corrected chi connectivity index (χ4v) is 1.50. The quantitative estimate of drug-likeness (QED) is 0.357. The molecule has 0 saturated carbocycles. The van der Waals surface area contributed by atoms with E-state index in [1.54, 1.807) is 6.20 Å². The standard InChI is InChI=1S/C10H11N3O/c1-6-2-3-9-7(4-6)8(5-12-9)10(14)13-11/h2-5,12H,11H2,1H3,(H,13,14). The molecular formula is C10H11N3O. The number of amides is 1. The highest BCUT2D eigenvalue weighted by Gasteiger charge is 2.09. The van der Waals surface area contributed by atoms with E-state index in [0.717, 1.165) is 16.5 Å². The van der Waals surface area contributed by atoms with E-state index in [0.29, 0.717) is 5.56 Å². The van der Waals surface area contributed by atoms with Crippen LogP contribution in [0.25, 0.3) is 10.9 Å². The molecule has 0 bridgehead atoms. The number of benzene rings is 1. The molecule has 0 fully saturated rings. The van der Waals surface area contributed by atoms with Crippen LogP contribution in [0.2, 0.25) is 0 Å². The van der Waals surface area contributed by atoms with Crippen molar-refractivity contribution in [3.05, 3.63) is 35.5 Å². The van der Waals surface area contributed by atoms with Gasteiger partial charge in [0, 0.05) is 17.1 Å². The minimum absolute atomic E-state index is 0.276. The first kappa shape index (κ1) is 8.77. The van der Waals surface area contributed by atoms with E-state index < -0.39 is 0 Å². The molecule has 4 heteroatoms. The van der Waals surface area contributed by atoms with Crippen LogP contribution in [0.3, 0.4) is 0 Å². The lowest BCUT2D eigenvalue weighted by Gasteiger charge is -1.97. The smallest absolute Gasteiger partial charge is 0.267 e. The molecule has 2 rings (SSSR count). The van der Waals surface area contributed by atoms with Gasteiger partial charge in [-0.25, -0.2) is 5.84 Å². The number of nitrogens with two attached hydrogens (primary N) is 1. The third-order valence-corrected chi connectivity index (χ3v) is 2.21. The van der Waals surface area contributed by atoms with Gasteiger partial charge in [0.1, 0.15) is 0 Å². The Bertz CT molecular complexity index is 487.